The van der Waals surface area contributed by atoms with Crippen LogP contribution >= 0.6 is 0 Å². The minimum Gasteiger partial charge on any atom is -0.495 e. The number of rotatable bonds is 6. The summed E-state index contributed by atoms with van der Waals surface area (Å²) in [4.78, 5) is 4.67. The van der Waals surface area contributed by atoms with Gasteiger partial charge in [0.15, 0.2) is 0 Å². The van der Waals surface area contributed by atoms with E-state index in [0.717, 1.165) is 28.0 Å². The maximum atomic E-state index is 12.7. The van der Waals surface area contributed by atoms with E-state index in [-0.39, 0.29) is 11.4 Å². The zero-order valence-electron chi connectivity index (χ0n) is 15.4. The van der Waals surface area contributed by atoms with Crippen molar-refractivity contribution in [3.05, 3.63) is 59.0 Å². The van der Waals surface area contributed by atoms with E-state index in [1.165, 1.54) is 7.11 Å². The topological polar surface area (TPSA) is 72.7 Å². The molecule has 0 amide bonds. The molecule has 6 nitrogen and oxygen atoms in total. The molecule has 3 rings (SSSR count). The Hall–Kier alpha value is -2.38. The molecule has 0 atom stereocenters. The lowest BCUT2D eigenvalue weighted by Crippen LogP contribution is -2.26. The van der Waals surface area contributed by atoms with Crippen LogP contribution in [0, 0.1) is 20.8 Å². The van der Waals surface area contributed by atoms with Crippen LogP contribution in [0.1, 0.15) is 22.4 Å². The number of hydrogen-bond donors (Lipinski definition) is 1. The van der Waals surface area contributed by atoms with Crippen molar-refractivity contribution < 1.29 is 13.2 Å². The molecule has 138 valence electrons. The summed E-state index contributed by atoms with van der Waals surface area (Å²) in [5.74, 6) is 0.351. The van der Waals surface area contributed by atoms with Crippen LogP contribution in [0.3, 0.4) is 0 Å². The molecule has 0 saturated carbocycles. The second-order valence-corrected chi connectivity index (χ2v) is 8.17. The molecule has 0 aliphatic carbocycles. The zero-order chi connectivity index (χ0) is 18.9. The van der Waals surface area contributed by atoms with Crippen molar-refractivity contribution in [2.45, 2.75) is 32.1 Å². The Morgan fingerprint density at radius 1 is 1.12 bits per heavy atom. The highest BCUT2D eigenvalue weighted by Crippen LogP contribution is 2.27. The minimum absolute atomic E-state index is 0.161. The summed E-state index contributed by atoms with van der Waals surface area (Å²) in [5.41, 5.74) is 4.72. The number of aryl methyl sites for hydroxylation is 3. The number of benzene rings is 1. The maximum absolute atomic E-state index is 12.7. The fraction of sp³-hybridized carbons (Fsp3) is 0.316. The van der Waals surface area contributed by atoms with Crippen LogP contribution in [0.2, 0.25) is 0 Å². The Balaban J connectivity index is 1.75. The van der Waals surface area contributed by atoms with Gasteiger partial charge in [-0.3, -0.25) is 0 Å². The molecule has 3 aromatic rings. The Kier molecular flexibility index (Phi) is 5.02. The third-order valence-electron chi connectivity index (χ3n) is 4.39. The first kappa shape index (κ1) is 18.4. The summed E-state index contributed by atoms with van der Waals surface area (Å²) >= 11 is 0. The molecular weight excluding hydrogens is 350 g/mol. The molecule has 2 heterocycles. The molecule has 0 spiro atoms. The Bertz CT molecular complexity index is 1060. The number of hydrogen-bond acceptors (Lipinski definition) is 4. The number of ether oxygens (including phenoxy) is 1. The number of methoxy groups -OCH3 is 1. The molecule has 7 heteroatoms. The van der Waals surface area contributed by atoms with Crippen LogP contribution in [-0.2, 0) is 16.4 Å². The summed E-state index contributed by atoms with van der Waals surface area (Å²) in [5, 5.41) is 0. The highest BCUT2D eigenvalue weighted by molar-refractivity contribution is 7.89. The Morgan fingerprint density at radius 2 is 1.85 bits per heavy atom. The molecule has 2 aromatic heterocycles. The fourth-order valence-corrected chi connectivity index (χ4v) is 4.07. The lowest BCUT2D eigenvalue weighted by molar-refractivity contribution is 0.402. The van der Waals surface area contributed by atoms with Crippen molar-refractivity contribution in [3.63, 3.8) is 0 Å². The summed E-state index contributed by atoms with van der Waals surface area (Å²) in [6.07, 6.45) is 4.43. The third-order valence-corrected chi connectivity index (χ3v) is 5.87. The third kappa shape index (κ3) is 3.73. The van der Waals surface area contributed by atoms with Crippen LogP contribution in [0.5, 0.6) is 5.75 Å². The number of pyridine rings is 1. The van der Waals surface area contributed by atoms with E-state index in [0.29, 0.717) is 12.2 Å². The van der Waals surface area contributed by atoms with Gasteiger partial charge in [0, 0.05) is 25.4 Å². The van der Waals surface area contributed by atoms with E-state index in [1.807, 2.05) is 49.7 Å². The van der Waals surface area contributed by atoms with Gasteiger partial charge in [-0.2, -0.15) is 0 Å². The van der Waals surface area contributed by atoms with Gasteiger partial charge in [0.05, 0.1) is 12.8 Å². The predicted molar refractivity (Wildman–Crippen MR) is 101 cm³/mol. The van der Waals surface area contributed by atoms with Gasteiger partial charge in [0.1, 0.15) is 16.3 Å². The van der Waals surface area contributed by atoms with Crippen molar-refractivity contribution in [1.82, 2.24) is 14.1 Å². The normalized spacial score (nSPS) is 11.8. The van der Waals surface area contributed by atoms with Crippen LogP contribution in [0.25, 0.3) is 5.65 Å². The number of nitrogens with zero attached hydrogens (tertiary/aromatic N) is 2. The quantitative estimate of drug-likeness (QED) is 0.721. The molecule has 0 radical (unpaired) electrons. The molecule has 0 fully saturated rings. The monoisotopic (exact) mass is 373 g/mol. The molecule has 1 N–H and O–H groups in total. The van der Waals surface area contributed by atoms with E-state index < -0.39 is 10.0 Å². The SMILES string of the molecule is COc1cc(C)c(C)cc1S(=O)(=O)NCCc1cn2cc(C)ccc2n1. The van der Waals surface area contributed by atoms with Crippen molar-refractivity contribution in [2.24, 2.45) is 0 Å². The number of sulfonamides is 1. The second kappa shape index (κ2) is 7.09. The van der Waals surface area contributed by atoms with Crippen LogP contribution in [0.15, 0.2) is 41.6 Å². The minimum atomic E-state index is -3.66. The highest BCUT2D eigenvalue weighted by atomic mass is 32.2. The van der Waals surface area contributed by atoms with Crippen molar-refractivity contribution in [1.29, 1.82) is 0 Å². The molecule has 0 saturated heterocycles. The maximum Gasteiger partial charge on any atom is 0.244 e. The average Bonchev–Trinajstić information content (AvgIpc) is 2.98. The van der Waals surface area contributed by atoms with Gasteiger partial charge >= 0.3 is 0 Å². The van der Waals surface area contributed by atoms with Crippen molar-refractivity contribution in [3.8, 4) is 5.75 Å². The lowest BCUT2D eigenvalue weighted by atomic mass is 10.1. The van der Waals surface area contributed by atoms with Gasteiger partial charge in [-0.15, -0.1) is 0 Å². The second-order valence-electron chi connectivity index (χ2n) is 6.44. The smallest absolute Gasteiger partial charge is 0.244 e. The standard InChI is InChI=1S/C19H23N3O3S/c1-13-5-6-19-21-16(12-22(19)11-13)7-8-20-26(23,24)18-10-15(3)14(2)9-17(18)25-4/h5-6,9-12,20H,7-8H2,1-4H3. The molecule has 0 aliphatic heterocycles. The zero-order valence-corrected chi connectivity index (χ0v) is 16.2. The molecule has 0 aliphatic rings. The van der Waals surface area contributed by atoms with Crippen LogP contribution in [0.4, 0.5) is 0 Å². The van der Waals surface area contributed by atoms with Crippen molar-refractivity contribution >= 4 is 15.7 Å². The molecule has 0 bridgehead atoms. The number of fused-ring (bicyclic) bond motifs is 1. The van der Waals surface area contributed by atoms with Crippen LogP contribution in [-0.4, -0.2) is 31.5 Å². The van der Waals surface area contributed by atoms with Gasteiger partial charge in [-0.25, -0.2) is 18.1 Å². The first-order valence-electron chi connectivity index (χ1n) is 8.39. The van der Waals surface area contributed by atoms with Gasteiger partial charge in [-0.05, 0) is 55.7 Å². The summed E-state index contributed by atoms with van der Waals surface area (Å²) in [6.45, 7) is 6.09. The molecule has 1 aromatic carbocycles. The first-order chi connectivity index (χ1) is 12.3. The van der Waals surface area contributed by atoms with E-state index >= 15 is 0 Å². The largest absolute Gasteiger partial charge is 0.495 e. The fourth-order valence-electron chi connectivity index (χ4n) is 2.80. The lowest BCUT2D eigenvalue weighted by Gasteiger charge is -2.13. The predicted octanol–water partition coefficient (Wildman–Crippen LogP) is 2.79. The average molecular weight is 373 g/mol. The van der Waals surface area contributed by atoms with E-state index in [9.17, 15) is 8.42 Å². The van der Waals surface area contributed by atoms with Crippen molar-refractivity contribution in [2.75, 3.05) is 13.7 Å². The summed E-state index contributed by atoms with van der Waals surface area (Å²) in [7, 11) is -2.18. The van der Waals surface area contributed by atoms with E-state index in [4.69, 9.17) is 4.74 Å². The van der Waals surface area contributed by atoms with Crippen LogP contribution < -0.4 is 9.46 Å². The summed E-state index contributed by atoms with van der Waals surface area (Å²) < 4.78 is 35.2. The van der Waals surface area contributed by atoms with E-state index in [1.54, 1.807) is 12.1 Å². The van der Waals surface area contributed by atoms with Gasteiger partial charge in [-0.1, -0.05) is 6.07 Å². The highest BCUT2D eigenvalue weighted by Gasteiger charge is 2.20. The molecular formula is C19H23N3O3S. The summed E-state index contributed by atoms with van der Waals surface area (Å²) in [6, 6.07) is 7.34. The number of nitrogens with one attached hydrogen (secondary N) is 1. The van der Waals surface area contributed by atoms with Gasteiger partial charge in [0.2, 0.25) is 10.0 Å². The number of aromatic nitrogens is 2. The Labute approximate surface area is 153 Å². The Morgan fingerprint density at radius 3 is 2.58 bits per heavy atom. The first-order valence-corrected chi connectivity index (χ1v) is 9.87. The molecule has 26 heavy (non-hydrogen) atoms. The molecule has 0 unspecified atom stereocenters. The van der Waals surface area contributed by atoms with E-state index in [2.05, 4.69) is 9.71 Å². The van der Waals surface area contributed by atoms with Gasteiger partial charge < -0.3 is 9.14 Å². The van der Waals surface area contributed by atoms with Gasteiger partial charge in [0.25, 0.3) is 0 Å². The number of imidazole rings is 1.